The number of pyridine rings is 1. The van der Waals surface area contributed by atoms with E-state index in [-0.39, 0.29) is 12.1 Å². The number of nitrogens with one attached hydrogen (secondary N) is 1. The highest BCUT2D eigenvalue weighted by atomic mass is 16.3. The Labute approximate surface area is 165 Å². The summed E-state index contributed by atoms with van der Waals surface area (Å²) in [6.45, 7) is 4.57. The summed E-state index contributed by atoms with van der Waals surface area (Å²) in [6.07, 6.45) is 7.28. The number of rotatable bonds is 2. The maximum Gasteiger partial charge on any atom is 0.313 e. The number of nitrogens with zero attached hydrogens (tertiary/aromatic N) is 2. The largest absolute Gasteiger partial charge is 0.393 e. The van der Waals surface area contributed by atoms with Crippen LogP contribution < -0.4 is 11.1 Å². The minimum atomic E-state index is -0.613. The number of likely N-dealkylation sites (tertiary alicyclic amines) is 1. The molecular weight excluding hydrogens is 356 g/mol. The molecule has 4 N–H and O–H groups in total. The van der Waals surface area contributed by atoms with Crippen LogP contribution in [-0.4, -0.2) is 45.5 Å². The van der Waals surface area contributed by atoms with Crippen LogP contribution in [0.2, 0.25) is 0 Å². The smallest absolute Gasteiger partial charge is 0.313 e. The first kappa shape index (κ1) is 19.2. The Morgan fingerprint density at radius 1 is 1.29 bits per heavy atom. The minimum Gasteiger partial charge on any atom is -0.393 e. The second kappa shape index (κ2) is 7.03. The summed E-state index contributed by atoms with van der Waals surface area (Å²) in [5, 5.41) is 12.3. The highest BCUT2D eigenvalue weighted by molar-refractivity contribution is 6.39. The van der Waals surface area contributed by atoms with Crippen LogP contribution in [-0.2, 0) is 9.59 Å². The lowest BCUT2D eigenvalue weighted by molar-refractivity contribution is -0.157. The molecule has 1 saturated heterocycles. The first-order valence-corrected chi connectivity index (χ1v) is 10.3. The van der Waals surface area contributed by atoms with E-state index in [1.807, 2.05) is 6.92 Å². The van der Waals surface area contributed by atoms with E-state index in [0.717, 1.165) is 44.1 Å². The third-order valence-corrected chi connectivity index (χ3v) is 6.97. The Balaban J connectivity index is 1.42. The molecule has 0 bridgehead atoms. The summed E-state index contributed by atoms with van der Waals surface area (Å²) < 4.78 is 0. The van der Waals surface area contributed by atoms with Gasteiger partial charge in [0.25, 0.3) is 0 Å². The Morgan fingerprint density at radius 3 is 2.64 bits per heavy atom. The van der Waals surface area contributed by atoms with Gasteiger partial charge in [-0.3, -0.25) is 9.59 Å². The average Bonchev–Trinajstić information content (AvgIpc) is 2.59. The Hall–Kier alpha value is -2.15. The average molecular weight is 386 g/mol. The summed E-state index contributed by atoms with van der Waals surface area (Å²) in [6, 6.07) is 1.85. The van der Waals surface area contributed by atoms with Gasteiger partial charge in [-0.25, -0.2) is 4.98 Å². The second-order valence-electron chi connectivity index (χ2n) is 9.32. The normalized spacial score (nSPS) is 34.5. The van der Waals surface area contributed by atoms with E-state index in [4.69, 9.17) is 5.73 Å². The number of piperidine rings is 1. The molecule has 3 fully saturated rings. The second-order valence-corrected chi connectivity index (χ2v) is 9.32. The molecule has 28 heavy (non-hydrogen) atoms. The summed E-state index contributed by atoms with van der Waals surface area (Å²) in [7, 11) is 0. The summed E-state index contributed by atoms with van der Waals surface area (Å²) in [4.78, 5) is 31.4. The number of hydrogen-bond acceptors (Lipinski definition) is 5. The van der Waals surface area contributed by atoms with Gasteiger partial charge in [-0.15, -0.1) is 0 Å². The fourth-order valence-electron chi connectivity index (χ4n) is 5.46. The van der Waals surface area contributed by atoms with E-state index in [0.29, 0.717) is 35.3 Å². The molecular formula is C21H30N4O3. The summed E-state index contributed by atoms with van der Waals surface area (Å²) >= 11 is 0. The van der Waals surface area contributed by atoms with Gasteiger partial charge in [0.1, 0.15) is 5.82 Å². The number of amides is 2. The third-order valence-electron chi connectivity index (χ3n) is 6.97. The predicted molar refractivity (Wildman–Crippen MR) is 106 cm³/mol. The van der Waals surface area contributed by atoms with Crippen molar-refractivity contribution in [3.63, 3.8) is 0 Å². The number of aryl methyl sites for hydroxylation is 1. The SMILES string of the molecule is Cc1cc(NC(=O)C(=O)N2CC(C)CCC2C2CC3(CC(O)C3)C2)cnc1N. The Kier molecular flexibility index (Phi) is 4.81. The minimum absolute atomic E-state index is 0.129. The van der Waals surface area contributed by atoms with Crippen molar-refractivity contribution in [1.29, 1.82) is 0 Å². The van der Waals surface area contributed by atoms with Crippen LogP contribution in [0.3, 0.4) is 0 Å². The molecule has 3 aliphatic rings. The lowest BCUT2D eigenvalue weighted by atomic mass is 9.49. The standard InChI is InChI=1S/C21H30N4O3/c1-12-3-4-17(14-6-21(7-14)8-16(26)9-21)25(11-12)20(28)19(27)24-15-5-13(2)18(22)23-10-15/h5,10,12,14,16-17,26H,3-4,6-9,11H2,1-2H3,(H2,22,23)(H,24,27). The number of carbonyl (C=O) groups excluding carboxylic acids is 2. The highest BCUT2D eigenvalue weighted by Gasteiger charge is 2.55. The molecule has 152 valence electrons. The Morgan fingerprint density at radius 2 is 2.00 bits per heavy atom. The molecule has 1 aromatic rings. The van der Waals surface area contributed by atoms with Gasteiger partial charge >= 0.3 is 11.8 Å². The fraction of sp³-hybridized carbons (Fsp3) is 0.667. The zero-order valence-corrected chi connectivity index (χ0v) is 16.6. The van der Waals surface area contributed by atoms with Crippen molar-refractivity contribution in [1.82, 2.24) is 9.88 Å². The number of carbonyl (C=O) groups is 2. The van der Waals surface area contributed by atoms with Crippen LogP contribution in [0.25, 0.3) is 0 Å². The lowest BCUT2D eigenvalue weighted by Crippen LogP contribution is -2.59. The van der Waals surface area contributed by atoms with Gasteiger partial charge in [-0.1, -0.05) is 6.92 Å². The molecule has 2 heterocycles. The van der Waals surface area contributed by atoms with Crippen molar-refractivity contribution in [3.05, 3.63) is 17.8 Å². The van der Waals surface area contributed by atoms with E-state index in [9.17, 15) is 14.7 Å². The van der Waals surface area contributed by atoms with Crippen molar-refractivity contribution in [2.75, 3.05) is 17.6 Å². The molecule has 1 aliphatic heterocycles. The van der Waals surface area contributed by atoms with Crippen LogP contribution in [0.4, 0.5) is 11.5 Å². The van der Waals surface area contributed by atoms with Crippen molar-refractivity contribution in [2.24, 2.45) is 17.3 Å². The van der Waals surface area contributed by atoms with Gasteiger partial charge in [0.05, 0.1) is 18.0 Å². The van der Waals surface area contributed by atoms with Crippen LogP contribution in [0.5, 0.6) is 0 Å². The van der Waals surface area contributed by atoms with E-state index in [2.05, 4.69) is 17.2 Å². The Bertz CT molecular complexity index is 782. The van der Waals surface area contributed by atoms with Crippen LogP contribution >= 0.6 is 0 Å². The number of nitrogen functional groups attached to an aromatic ring is 1. The molecule has 7 nitrogen and oxygen atoms in total. The summed E-state index contributed by atoms with van der Waals surface area (Å²) in [5.74, 6) is 0.179. The molecule has 0 radical (unpaired) electrons. The molecule has 2 aliphatic carbocycles. The van der Waals surface area contributed by atoms with E-state index in [1.165, 1.54) is 6.20 Å². The number of aliphatic hydroxyl groups excluding tert-OH is 1. The van der Waals surface area contributed by atoms with Crippen LogP contribution in [0.15, 0.2) is 12.3 Å². The van der Waals surface area contributed by atoms with Gasteiger partial charge in [0, 0.05) is 12.6 Å². The molecule has 2 saturated carbocycles. The maximum absolute atomic E-state index is 13.0. The van der Waals surface area contributed by atoms with Crippen molar-refractivity contribution < 1.29 is 14.7 Å². The van der Waals surface area contributed by atoms with Gasteiger partial charge in [-0.2, -0.15) is 0 Å². The van der Waals surface area contributed by atoms with Gasteiger partial charge in [-0.05, 0) is 74.3 Å². The van der Waals surface area contributed by atoms with Crippen LogP contribution in [0, 0.1) is 24.2 Å². The van der Waals surface area contributed by atoms with E-state index >= 15 is 0 Å². The number of anilines is 2. The molecule has 7 heteroatoms. The van der Waals surface area contributed by atoms with Crippen molar-refractivity contribution in [2.45, 2.75) is 64.5 Å². The first-order chi connectivity index (χ1) is 13.3. The zero-order valence-electron chi connectivity index (χ0n) is 16.6. The molecule has 4 rings (SSSR count). The monoisotopic (exact) mass is 386 g/mol. The molecule has 2 unspecified atom stereocenters. The molecule has 1 aromatic heterocycles. The molecule has 2 atom stereocenters. The van der Waals surface area contributed by atoms with E-state index < -0.39 is 11.8 Å². The quantitative estimate of drug-likeness (QED) is 0.675. The molecule has 0 aromatic carbocycles. The molecule has 1 spiro atoms. The zero-order chi connectivity index (χ0) is 20.1. The molecule has 2 amide bonds. The number of aromatic nitrogens is 1. The predicted octanol–water partition coefficient (Wildman–Crippen LogP) is 2.09. The fourth-order valence-corrected chi connectivity index (χ4v) is 5.46. The van der Waals surface area contributed by atoms with Crippen molar-refractivity contribution in [3.8, 4) is 0 Å². The van der Waals surface area contributed by atoms with E-state index in [1.54, 1.807) is 11.0 Å². The summed E-state index contributed by atoms with van der Waals surface area (Å²) in [5.41, 5.74) is 7.26. The maximum atomic E-state index is 13.0. The highest BCUT2D eigenvalue weighted by Crippen LogP contribution is 2.60. The number of hydrogen-bond donors (Lipinski definition) is 3. The first-order valence-electron chi connectivity index (χ1n) is 10.3. The van der Waals surface area contributed by atoms with Gasteiger partial charge < -0.3 is 21.1 Å². The third kappa shape index (κ3) is 3.48. The number of aliphatic hydroxyl groups is 1. The van der Waals surface area contributed by atoms with Crippen LogP contribution in [0.1, 0.15) is 51.0 Å². The lowest BCUT2D eigenvalue weighted by Gasteiger charge is -2.60. The van der Waals surface area contributed by atoms with Gasteiger partial charge in [0.15, 0.2) is 0 Å². The van der Waals surface area contributed by atoms with Gasteiger partial charge in [0.2, 0.25) is 0 Å². The topological polar surface area (TPSA) is 109 Å². The van der Waals surface area contributed by atoms with Crippen molar-refractivity contribution >= 4 is 23.3 Å². The number of nitrogens with two attached hydrogens (primary N) is 1.